The van der Waals surface area contributed by atoms with Gasteiger partial charge < -0.3 is 9.84 Å². The first-order chi connectivity index (χ1) is 5.50. The number of carbonyl (C=O) groups excluding carboxylic acids is 2. The van der Waals surface area contributed by atoms with E-state index in [-0.39, 0.29) is 6.61 Å². The highest BCUT2D eigenvalue weighted by Gasteiger charge is 2.27. The fourth-order valence-electron chi connectivity index (χ4n) is 0.560. The van der Waals surface area contributed by atoms with Gasteiger partial charge in [-0.25, -0.2) is 4.79 Å². The quantitative estimate of drug-likeness (QED) is 0.364. The largest absolute Gasteiger partial charge is 0.475 e. The van der Waals surface area contributed by atoms with Crippen molar-refractivity contribution in [2.45, 2.75) is 13.8 Å². The van der Waals surface area contributed by atoms with Crippen LogP contribution in [-0.2, 0) is 19.1 Å². The SMILES string of the molecule is CCOC(=O)C(C)C(=O)C(=O)O. The van der Waals surface area contributed by atoms with Crippen LogP contribution in [0.5, 0.6) is 0 Å². The molecule has 0 bridgehead atoms. The van der Waals surface area contributed by atoms with E-state index >= 15 is 0 Å². The Morgan fingerprint density at radius 3 is 2.25 bits per heavy atom. The topological polar surface area (TPSA) is 80.7 Å². The number of hydrogen-bond acceptors (Lipinski definition) is 4. The highest BCUT2D eigenvalue weighted by atomic mass is 16.5. The lowest BCUT2D eigenvalue weighted by Gasteiger charge is -2.05. The van der Waals surface area contributed by atoms with Crippen LogP contribution >= 0.6 is 0 Å². The van der Waals surface area contributed by atoms with Gasteiger partial charge in [-0.05, 0) is 13.8 Å². The summed E-state index contributed by atoms with van der Waals surface area (Å²) in [7, 11) is 0. The Bertz CT molecular complexity index is 208. The van der Waals surface area contributed by atoms with Crippen LogP contribution < -0.4 is 0 Å². The predicted octanol–water partition coefficient (Wildman–Crippen LogP) is -0.161. The van der Waals surface area contributed by atoms with E-state index in [1.54, 1.807) is 6.92 Å². The third-order valence-corrected chi connectivity index (χ3v) is 1.24. The first kappa shape index (κ1) is 10.6. The summed E-state index contributed by atoms with van der Waals surface area (Å²) in [5, 5.41) is 8.21. The average molecular weight is 174 g/mol. The zero-order chi connectivity index (χ0) is 9.72. The van der Waals surface area contributed by atoms with Crippen molar-refractivity contribution in [2.24, 2.45) is 5.92 Å². The molecule has 1 atom stereocenters. The van der Waals surface area contributed by atoms with Crippen molar-refractivity contribution in [1.82, 2.24) is 0 Å². The van der Waals surface area contributed by atoms with E-state index in [2.05, 4.69) is 4.74 Å². The molecule has 5 heteroatoms. The second-order valence-electron chi connectivity index (χ2n) is 2.14. The van der Waals surface area contributed by atoms with Gasteiger partial charge in [0.1, 0.15) is 5.92 Å². The molecule has 0 aliphatic carbocycles. The van der Waals surface area contributed by atoms with Crippen LogP contribution in [0.15, 0.2) is 0 Å². The summed E-state index contributed by atoms with van der Waals surface area (Å²) < 4.78 is 4.45. The fraction of sp³-hybridized carbons (Fsp3) is 0.571. The molecule has 5 nitrogen and oxygen atoms in total. The number of Topliss-reactive ketones (excluding diaryl/α,β-unsaturated/α-hetero) is 1. The molecule has 0 radical (unpaired) electrons. The maximum atomic E-state index is 10.8. The summed E-state index contributed by atoms with van der Waals surface area (Å²) in [5.74, 6) is -4.78. The van der Waals surface area contributed by atoms with Crippen molar-refractivity contribution in [3.63, 3.8) is 0 Å². The van der Waals surface area contributed by atoms with Crippen LogP contribution in [0.4, 0.5) is 0 Å². The Hall–Kier alpha value is -1.39. The zero-order valence-corrected chi connectivity index (χ0v) is 6.86. The molecule has 68 valence electrons. The van der Waals surface area contributed by atoms with E-state index < -0.39 is 23.6 Å². The Morgan fingerprint density at radius 1 is 1.42 bits per heavy atom. The lowest BCUT2D eigenvalue weighted by Crippen LogP contribution is -2.29. The number of ether oxygens (including phenoxy) is 1. The Balaban J connectivity index is 4.19. The highest BCUT2D eigenvalue weighted by Crippen LogP contribution is 2.00. The molecule has 0 aromatic heterocycles. The molecule has 0 aliphatic rings. The summed E-state index contributed by atoms with van der Waals surface area (Å²) in [6, 6.07) is 0. The molecular formula is C7H10O5. The zero-order valence-electron chi connectivity index (χ0n) is 6.86. The number of carboxylic acid groups (broad SMARTS) is 1. The molecule has 0 rings (SSSR count). The highest BCUT2D eigenvalue weighted by molar-refractivity contribution is 6.36. The molecule has 1 N–H and O–H groups in total. The maximum Gasteiger partial charge on any atom is 0.373 e. The molecule has 0 saturated carbocycles. The third kappa shape index (κ3) is 2.69. The molecule has 1 unspecified atom stereocenters. The minimum atomic E-state index is -1.62. The van der Waals surface area contributed by atoms with Crippen molar-refractivity contribution in [2.75, 3.05) is 6.61 Å². The van der Waals surface area contributed by atoms with Gasteiger partial charge in [-0.2, -0.15) is 0 Å². The van der Waals surface area contributed by atoms with E-state index in [1.807, 2.05) is 0 Å². The number of carbonyl (C=O) groups is 3. The van der Waals surface area contributed by atoms with E-state index in [9.17, 15) is 14.4 Å². The minimum Gasteiger partial charge on any atom is -0.475 e. The molecule has 0 aromatic carbocycles. The van der Waals surface area contributed by atoms with Crippen molar-refractivity contribution in [3.05, 3.63) is 0 Å². The van der Waals surface area contributed by atoms with E-state index in [0.717, 1.165) is 0 Å². The summed E-state index contributed by atoms with van der Waals surface area (Å²) in [5.41, 5.74) is 0. The number of rotatable bonds is 4. The standard InChI is InChI=1S/C7H10O5/c1-3-12-7(11)4(2)5(8)6(9)10/h4H,3H2,1-2H3,(H,9,10). The van der Waals surface area contributed by atoms with E-state index in [4.69, 9.17) is 5.11 Å². The van der Waals surface area contributed by atoms with E-state index in [0.29, 0.717) is 0 Å². The molecule has 0 aliphatic heterocycles. The molecular weight excluding hydrogens is 164 g/mol. The maximum absolute atomic E-state index is 10.8. The summed E-state index contributed by atoms with van der Waals surface area (Å²) >= 11 is 0. The monoisotopic (exact) mass is 174 g/mol. The van der Waals surface area contributed by atoms with Crippen molar-refractivity contribution >= 4 is 17.7 Å². The number of carboxylic acids is 1. The van der Waals surface area contributed by atoms with Gasteiger partial charge in [-0.1, -0.05) is 0 Å². The fourth-order valence-corrected chi connectivity index (χ4v) is 0.560. The predicted molar refractivity (Wildman–Crippen MR) is 38.4 cm³/mol. The van der Waals surface area contributed by atoms with Crippen molar-refractivity contribution in [1.29, 1.82) is 0 Å². The van der Waals surface area contributed by atoms with Gasteiger partial charge in [0, 0.05) is 0 Å². The van der Waals surface area contributed by atoms with Gasteiger partial charge in [0.05, 0.1) is 6.61 Å². The first-order valence-corrected chi connectivity index (χ1v) is 3.44. The number of hydrogen-bond donors (Lipinski definition) is 1. The van der Waals surface area contributed by atoms with Crippen LogP contribution in [0.2, 0.25) is 0 Å². The molecule has 0 amide bonds. The lowest BCUT2D eigenvalue weighted by atomic mass is 10.1. The third-order valence-electron chi connectivity index (χ3n) is 1.24. The molecule has 12 heavy (non-hydrogen) atoms. The second-order valence-corrected chi connectivity index (χ2v) is 2.14. The number of aliphatic carboxylic acids is 1. The average Bonchev–Trinajstić information content (AvgIpc) is 2.02. The summed E-state index contributed by atoms with van der Waals surface area (Å²) in [4.78, 5) is 31.5. The van der Waals surface area contributed by atoms with Crippen molar-refractivity contribution in [3.8, 4) is 0 Å². The summed E-state index contributed by atoms with van der Waals surface area (Å²) in [6.07, 6.45) is 0. The lowest BCUT2D eigenvalue weighted by molar-refractivity contribution is -0.158. The van der Waals surface area contributed by atoms with Gasteiger partial charge in [0.2, 0.25) is 0 Å². The van der Waals surface area contributed by atoms with Crippen LogP contribution in [0.25, 0.3) is 0 Å². The van der Waals surface area contributed by atoms with Crippen LogP contribution in [0.1, 0.15) is 13.8 Å². The van der Waals surface area contributed by atoms with Crippen LogP contribution in [0, 0.1) is 5.92 Å². The molecule has 0 spiro atoms. The van der Waals surface area contributed by atoms with Gasteiger partial charge >= 0.3 is 11.9 Å². The van der Waals surface area contributed by atoms with Gasteiger partial charge in [-0.3, -0.25) is 9.59 Å². The number of esters is 1. The smallest absolute Gasteiger partial charge is 0.373 e. The second kappa shape index (κ2) is 4.48. The Morgan fingerprint density at radius 2 is 1.92 bits per heavy atom. The van der Waals surface area contributed by atoms with Gasteiger partial charge in [0.15, 0.2) is 0 Å². The molecule has 0 heterocycles. The van der Waals surface area contributed by atoms with Crippen LogP contribution in [-0.4, -0.2) is 29.4 Å². The Kier molecular flexibility index (Phi) is 3.96. The molecule has 0 fully saturated rings. The minimum absolute atomic E-state index is 0.135. The number of ketones is 1. The molecule has 0 aromatic rings. The molecule has 0 saturated heterocycles. The normalized spacial score (nSPS) is 11.8. The van der Waals surface area contributed by atoms with Crippen molar-refractivity contribution < 1.29 is 24.2 Å². The Labute approximate surface area is 69.3 Å². The van der Waals surface area contributed by atoms with Gasteiger partial charge in [-0.15, -0.1) is 0 Å². The van der Waals surface area contributed by atoms with Gasteiger partial charge in [0.25, 0.3) is 5.78 Å². The summed E-state index contributed by atoms with van der Waals surface area (Å²) in [6.45, 7) is 2.92. The first-order valence-electron chi connectivity index (χ1n) is 3.44. The van der Waals surface area contributed by atoms with Crippen LogP contribution in [0.3, 0.4) is 0 Å². The van der Waals surface area contributed by atoms with E-state index in [1.165, 1.54) is 6.92 Å².